The highest BCUT2D eigenvalue weighted by Gasteiger charge is 2.39. The molecule has 0 bridgehead atoms. The van der Waals surface area contributed by atoms with Crippen molar-refractivity contribution in [3.8, 4) is 0 Å². The monoisotopic (exact) mass is 253 g/mol. The highest BCUT2D eigenvalue weighted by Crippen LogP contribution is 2.41. The van der Waals surface area contributed by atoms with Gasteiger partial charge in [-0.15, -0.1) is 0 Å². The average Bonchev–Trinajstić information content (AvgIpc) is 2.55. The molecule has 0 saturated heterocycles. The second kappa shape index (κ2) is 4.90. The van der Waals surface area contributed by atoms with Gasteiger partial charge in [0.05, 0.1) is 0 Å². The predicted octanol–water partition coefficient (Wildman–Crippen LogP) is 2.66. The van der Waals surface area contributed by atoms with Crippen molar-refractivity contribution in [2.24, 2.45) is 11.8 Å². The number of ether oxygens (including phenoxy) is 1. The first kappa shape index (κ1) is 13.4. The zero-order valence-corrected chi connectivity index (χ0v) is 11.5. The standard InChI is InChI=1S/C14H23NO3/c1-14(2,3)18-13(17)15-11-6-9-4-5-12(16)8-10(9)7-11/h9-11H,4-8H2,1-3H3,(H,15,17)/t9-,10-,11+/m0/s1. The largest absolute Gasteiger partial charge is 0.444 e. The molecule has 4 nitrogen and oxygen atoms in total. The molecule has 3 atom stereocenters. The number of ketones is 1. The van der Waals surface area contributed by atoms with E-state index in [1.807, 2.05) is 20.8 Å². The van der Waals surface area contributed by atoms with E-state index < -0.39 is 5.60 Å². The number of rotatable bonds is 1. The number of carbonyl (C=O) groups is 2. The Morgan fingerprint density at radius 2 is 1.94 bits per heavy atom. The SMILES string of the molecule is CC(C)(C)OC(=O)N[C@H]1C[C@H]2CC(=O)CC[C@H]2C1. The molecular formula is C14H23NO3. The molecule has 2 fully saturated rings. The summed E-state index contributed by atoms with van der Waals surface area (Å²) in [4.78, 5) is 23.1. The number of fused-ring (bicyclic) bond motifs is 1. The molecule has 0 aromatic heterocycles. The molecule has 0 radical (unpaired) electrons. The van der Waals surface area contributed by atoms with Crippen molar-refractivity contribution in [1.29, 1.82) is 0 Å². The van der Waals surface area contributed by atoms with Gasteiger partial charge in [-0.1, -0.05) is 0 Å². The van der Waals surface area contributed by atoms with Crippen LogP contribution in [0.1, 0.15) is 52.9 Å². The van der Waals surface area contributed by atoms with Gasteiger partial charge in [-0.2, -0.15) is 0 Å². The van der Waals surface area contributed by atoms with E-state index in [1.54, 1.807) is 0 Å². The lowest BCUT2D eigenvalue weighted by molar-refractivity contribution is -0.122. The van der Waals surface area contributed by atoms with Crippen LogP contribution in [-0.4, -0.2) is 23.5 Å². The molecule has 0 aromatic rings. The van der Waals surface area contributed by atoms with E-state index in [0.717, 1.165) is 25.7 Å². The van der Waals surface area contributed by atoms with Crippen LogP contribution in [0.15, 0.2) is 0 Å². The van der Waals surface area contributed by atoms with Crippen molar-refractivity contribution in [1.82, 2.24) is 5.32 Å². The molecule has 0 aliphatic heterocycles. The Hall–Kier alpha value is -1.06. The van der Waals surface area contributed by atoms with Crippen molar-refractivity contribution >= 4 is 11.9 Å². The fourth-order valence-corrected chi connectivity index (χ4v) is 3.15. The van der Waals surface area contributed by atoms with Gasteiger partial charge in [0, 0.05) is 18.9 Å². The molecule has 4 heteroatoms. The summed E-state index contributed by atoms with van der Waals surface area (Å²) in [6.45, 7) is 5.58. The molecule has 2 rings (SSSR count). The molecule has 102 valence electrons. The number of hydrogen-bond donors (Lipinski definition) is 1. The first-order chi connectivity index (χ1) is 8.33. The lowest BCUT2D eigenvalue weighted by Crippen LogP contribution is -2.38. The van der Waals surface area contributed by atoms with E-state index in [2.05, 4.69) is 5.32 Å². The van der Waals surface area contributed by atoms with E-state index in [-0.39, 0.29) is 12.1 Å². The van der Waals surface area contributed by atoms with Gasteiger partial charge in [-0.3, -0.25) is 4.79 Å². The van der Waals surface area contributed by atoms with Crippen LogP contribution in [0.4, 0.5) is 4.79 Å². The van der Waals surface area contributed by atoms with Crippen molar-refractivity contribution in [2.45, 2.75) is 64.5 Å². The van der Waals surface area contributed by atoms with Crippen LogP contribution in [0, 0.1) is 11.8 Å². The van der Waals surface area contributed by atoms with E-state index in [4.69, 9.17) is 4.74 Å². The molecule has 2 aliphatic carbocycles. The summed E-state index contributed by atoms with van der Waals surface area (Å²) in [5.41, 5.74) is -0.453. The van der Waals surface area contributed by atoms with E-state index in [1.165, 1.54) is 0 Å². The van der Waals surface area contributed by atoms with Crippen molar-refractivity contribution < 1.29 is 14.3 Å². The average molecular weight is 253 g/mol. The van der Waals surface area contributed by atoms with Gasteiger partial charge in [0.25, 0.3) is 0 Å². The van der Waals surface area contributed by atoms with Gasteiger partial charge >= 0.3 is 6.09 Å². The Morgan fingerprint density at radius 3 is 2.61 bits per heavy atom. The Morgan fingerprint density at radius 1 is 1.28 bits per heavy atom. The fraction of sp³-hybridized carbons (Fsp3) is 0.857. The molecule has 1 amide bonds. The van der Waals surface area contributed by atoms with Gasteiger partial charge in [-0.25, -0.2) is 4.79 Å². The van der Waals surface area contributed by atoms with Crippen LogP contribution in [0.3, 0.4) is 0 Å². The Bertz CT molecular complexity index is 345. The summed E-state index contributed by atoms with van der Waals surface area (Å²) in [6.07, 6.45) is 4.01. The van der Waals surface area contributed by atoms with Gasteiger partial charge in [0.2, 0.25) is 0 Å². The Balaban J connectivity index is 1.82. The molecular weight excluding hydrogens is 230 g/mol. The first-order valence-electron chi connectivity index (χ1n) is 6.85. The van der Waals surface area contributed by atoms with Crippen LogP contribution >= 0.6 is 0 Å². The van der Waals surface area contributed by atoms with Gasteiger partial charge in [0.15, 0.2) is 0 Å². The molecule has 2 saturated carbocycles. The molecule has 2 aliphatic rings. The van der Waals surface area contributed by atoms with Gasteiger partial charge in [0.1, 0.15) is 11.4 Å². The van der Waals surface area contributed by atoms with Crippen LogP contribution in [-0.2, 0) is 9.53 Å². The van der Waals surface area contributed by atoms with Gasteiger partial charge in [-0.05, 0) is 51.9 Å². The number of alkyl carbamates (subject to hydrolysis) is 1. The van der Waals surface area contributed by atoms with Crippen molar-refractivity contribution in [3.05, 3.63) is 0 Å². The third-order valence-electron chi connectivity index (χ3n) is 3.85. The zero-order valence-electron chi connectivity index (χ0n) is 11.5. The number of carbonyl (C=O) groups excluding carboxylic acids is 2. The summed E-state index contributed by atoms with van der Waals surface area (Å²) in [6, 6.07) is 0.181. The lowest BCUT2D eigenvalue weighted by atomic mass is 9.81. The minimum Gasteiger partial charge on any atom is -0.444 e. The normalized spacial score (nSPS) is 31.9. The number of amides is 1. The zero-order chi connectivity index (χ0) is 13.3. The van der Waals surface area contributed by atoms with Crippen molar-refractivity contribution in [3.63, 3.8) is 0 Å². The Kier molecular flexibility index (Phi) is 3.64. The third kappa shape index (κ3) is 3.47. The molecule has 0 heterocycles. The maximum absolute atomic E-state index is 11.7. The van der Waals surface area contributed by atoms with E-state index >= 15 is 0 Å². The minimum absolute atomic E-state index is 0.181. The van der Waals surface area contributed by atoms with Crippen LogP contribution in [0.5, 0.6) is 0 Å². The number of hydrogen-bond acceptors (Lipinski definition) is 3. The molecule has 0 spiro atoms. The smallest absolute Gasteiger partial charge is 0.407 e. The highest BCUT2D eigenvalue weighted by atomic mass is 16.6. The second-order valence-corrected chi connectivity index (χ2v) is 6.62. The summed E-state index contributed by atoms with van der Waals surface area (Å²) in [5, 5.41) is 2.93. The van der Waals surface area contributed by atoms with Crippen LogP contribution in [0.2, 0.25) is 0 Å². The summed E-state index contributed by atoms with van der Waals surface area (Å²) in [7, 11) is 0. The fourth-order valence-electron chi connectivity index (χ4n) is 3.15. The molecule has 0 unspecified atom stereocenters. The molecule has 1 N–H and O–H groups in total. The lowest BCUT2D eigenvalue weighted by Gasteiger charge is -2.23. The van der Waals surface area contributed by atoms with Gasteiger partial charge < -0.3 is 10.1 Å². The topological polar surface area (TPSA) is 55.4 Å². The van der Waals surface area contributed by atoms with E-state index in [0.29, 0.717) is 24.0 Å². The maximum Gasteiger partial charge on any atom is 0.407 e. The van der Waals surface area contributed by atoms with Crippen molar-refractivity contribution in [2.75, 3.05) is 0 Å². The molecule has 0 aromatic carbocycles. The quantitative estimate of drug-likeness (QED) is 0.781. The minimum atomic E-state index is -0.453. The summed E-state index contributed by atoms with van der Waals surface area (Å²) < 4.78 is 5.26. The highest BCUT2D eigenvalue weighted by molar-refractivity contribution is 5.79. The summed E-state index contributed by atoms with van der Waals surface area (Å²) in [5.74, 6) is 1.47. The van der Waals surface area contributed by atoms with Crippen LogP contribution < -0.4 is 5.32 Å². The summed E-state index contributed by atoms with van der Waals surface area (Å²) >= 11 is 0. The molecule has 18 heavy (non-hydrogen) atoms. The first-order valence-corrected chi connectivity index (χ1v) is 6.85. The Labute approximate surface area is 108 Å². The van der Waals surface area contributed by atoms with Crippen LogP contribution in [0.25, 0.3) is 0 Å². The second-order valence-electron chi connectivity index (χ2n) is 6.62. The van der Waals surface area contributed by atoms with E-state index in [9.17, 15) is 9.59 Å². The number of Topliss-reactive ketones (excluding diaryl/α,β-unsaturated/α-hetero) is 1. The third-order valence-corrected chi connectivity index (χ3v) is 3.85. The number of nitrogens with one attached hydrogen (secondary N) is 1. The maximum atomic E-state index is 11.7. The predicted molar refractivity (Wildman–Crippen MR) is 68.2 cm³/mol.